The maximum absolute atomic E-state index is 12.3. The highest BCUT2D eigenvalue weighted by Gasteiger charge is 2.44. The Morgan fingerprint density at radius 3 is 2.36 bits per heavy atom. The van der Waals surface area contributed by atoms with Crippen LogP contribution in [0.25, 0.3) is 0 Å². The Hall–Kier alpha value is -0.850. The molecular weight excluding hydrogens is 286 g/mol. The molecule has 1 fully saturated rings. The van der Waals surface area contributed by atoms with Gasteiger partial charge in [0.1, 0.15) is 11.3 Å². The minimum atomic E-state index is -0.693. The van der Waals surface area contributed by atoms with E-state index in [0.717, 1.165) is 0 Å². The lowest BCUT2D eigenvalue weighted by atomic mass is 10.1. The van der Waals surface area contributed by atoms with Crippen LogP contribution in [0, 0.1) is 0 Å². The van der Waals surface area contributed by atoms with Gasteiger partial charge in [0.25, 0.3) is 0 Å². The molecule has 0 N–H and O–H groups in total. The van der Waals surface area contributed by atoms with Crippen LogP contribution in [0.5, 0.6) is 0 Å². The Morgan fingerprint density at radius 1 is 1.32 bits per heavy atom. The Labute approximate surface area is 134 Å². The van der Waals surface area contributed by atoms with Gasteiger partial charge < -0.3 is 18.9 Å². The maximum atomic E-state index is 12.3. The third-order valence-electron chi connectivity index (χ3n) is 3.80. The largest absolute Gasteiger partial charge is 0.444 e. The molecule has 1 aliphatic rings. The molecule has 130 valence electrons. The molecular formula is C16H31NO5. The van der Waals surface area contributed by atoms with Crippen LogP contribution in [0.15, 0.2) is 0 Å². The van der Waals surface area contributed by atoms with Crippen molar-refractivity contribution >= 4 is 6.09 Å². The Kier molecular flexibility index (Phi) is 6.24. The number of ether oxygens (including phenoxy) is 4. The van der Waals surface area contributed by atoms with Crippen molar-refractivity contribution in [3.8, 4) is 0 Å². The first kappa shape index (κ1) is 19.2. The van der Waals surface area contributed by atoms with Crippen molar-refractivity contribution in [2.24, 2.45) is 0 Å². The summed E-state index contributed by atoms with van der Waals surface area (Å²) in [4.78, 5) is 14.0. The Balaban J connectivity index is 2.71. The molecule has 0 spiro atoms. The average Bonchev–Trinajstić information content (AvgIpc) is 2.68. The molecule has 6 heteroatoms. The summed E-state index contributed by atoms with van der Waals surface area (Å²) in [6, 6.07) is 0. The van der Waals surface area contributed by atoms with Crippen molar-refractivity contribution in [2.45, 2.75) is 77.6 Å². The number of rotatable bonds is 5. The Morgan fingerprint density at radius 2 is 1.91 bits per heavy atom. The van der Waals surface area contributed by atoms with Gasteiger partial charge in [-0.15, -0.1) is 0 Å². The molecule has 0 aromatic rings. The van der Waals surface area contributed by atoms with Crippen LogP contribution >= 0.6 is 0 Å². The minimum absolute atomic E-state index is 0.0349. The molecule has 0 radical (unpaired) electrons. The molecule has 1 rings (SSSR count). The second kappa shape index (κ2) is 7.15. The smallest absolute Gasteiger partial charge is 0.412 e. The van der Waals surface area contributed by atoms with Gasteiger partial charge in [-0.3, -0.25) is 4.90 Å². The van der Waals surface area contributed by atoms with Gasteiger partial charge in [-0.2, -0.15) is 0 Å². The number of carbonyl (C=O) groups excluding carboxylic acids is 1. The minimum Gasteiger partial charge on any atom is -0.444 e. The van der Waals surface area contributed by atoms with Crippen molar-refractivity contribution in [3.63, 3.8) is 0 Å². The molecule has 0 aliphatic carbocycles. The van der Waals surface area contributed by atoms with E-state index in [1.54, 1.807) is 19.1 Å². The zero-order chi connectivity index (χ0) is 17.1. The molecule has 0 aromatic carbocycles. The molecule has 1 saturated heterocycles. The normalized spacial score (nSPS) is 24.2. The SMILES string of the molecule is CO[C@H](C)[C@@H](CC1CN(C(=O)OC(C)(C)C)C(C)(C)O1)OC. The van der Waals surface area contributed by atoms with Gasteiger partial charge in [-0.05, 0) is 41.5 Å². The first-order chi connectivity index (χ1) is 10.00. The highest BCUT2D eigenvalue weighted by atomic mass is 16.6. The van der Waals surface area contributed by atoms with Crippen LogP contribution in [-0.4, -0.2) is 61.4 Å². The number of amides is 1. The van der Waals surface area contributed by atoms with E-state index in [1.165, 1.54) is 0 Å². The van der Waals surface area contributed by atoms with E-state index in [-0.39, 0.29) is 24.4 Å². The summed E-state index contributed by atoms with van der Waals surface area (Å²) in [6.07, 6.45) is 0.0873. The van der Waals surface area contributed by atoms with Crippen molar-refractivity contribution in [3.05, 3.63) is 0 Å². The summed E-state index contributed by atoms with van der Waals surface area (Å²) in [7, 11) is 3.31. The van der Waals surface area contributed by atoms with E-state index in [9.17, 15) is 4.79 Å². The van der Waals surface area contributed by atoms with Crippen LogP contribution in [0.1, 0.15) is 48.0 Å². The highest BCUT2D eigenvalue weighted by molar-refractivity contribution is 5.69. The van der Waals surface area contributed by atoms with Crippen LogP contribution in [0.3, 0.4) is 0 Å². The molecule has 0 aromatic heterocycles. The van der Waals surface area contributed by atoms with Crippen LogP contribution in [0.4, 0.5) is 4.79 Å². The predicted octanol–water partition coefficient (Wildman–Crippen LogP) is 2.80. The van der Waals surface area contributed by atoms with Gasteiger partial charge in [0, 0.05) is 20.6 Å². The van der Waals surface area contributed by atoms with Gasteiger partial charge in [0.05, 0.1) is 24.9 Å². The highest BCUT2D eigenvalue weighted by Crippen LogP contribution is 2.31. The summed E-state index contributed by atoms with van der Waals surface area (Å²) in [6.45, 7) is 11.8. The van der Waals surface area contributed by atoms with Crippen LogP contribution in [-0.2, 0) is 18.9 Å². The zero-order valence-electron chi connectivity index (χ0n) is 15.1. The van der Waals surface area contributed by atoms with E-state index in [4.69, 9.17) is 18.9 Å². The summed E-state index contributed by atoms with van der Waals surface area (Å²) in [5, 5.41) is 0. The number of methoxy groups -OCH3 is 2. The Bertz CT molecular complexity index is 377. The van der Waals surface area contributed by atoms with E-state index in [1.807, 2.05) is 41.5 Å². The number of hydrogen-bond donors (Lipinski definition) is 0. The molecule has 1 heterocycles. The fourth-order valence-electron chi connectivity index (χ4n) is 2.56. The number of hydrogen-bond acceptors (Lipinski definition) is 5. The lowest BCUT2D eigenvalue weighted by molar-refractivity contribution is -0.0981. The number of nitrogens with zero attached hydrogens (tertiary/aromatic N) is 1. The summed E-state index contributed by atoms with van der Waals surface area (Å²) in [5.74, 6) is 0. The van der Waals surface area contributed by atoms with Gasteiger partial charge in [-0.1, -0.05) is 0 Å². The third kappa shape index (κ3) is 5.11. The average molecular weight is 317 g/mol. The van der Waals surface area contributed by atoms with Gasteiger partial charge in [0.2, 0.25) is 0 Å². The zero-order valence-corrected chi connectivity index (χ0v) is 15.1. The molecule has 1 amide bonds. The van der Waals surface area contributed by atoms with Gasteiger partial charge in [-0.25, -0.2) is 4.79 Å². The maximum Gasteiger partial charge on any atom is 0.412 e. The van der Waals surface area contributed by atoms with Crippen molar-refractivity contribution in [1.29, 1.82) is 0 Å². The van der Waals surface area contributed by atoms with Gasteiger partial charge >= 0.3 is 6.09 Å². The quantitative estimate of drug-likeness (QED) is 0.780. The van der Waals surface area contributed by atoms with Crippen LogP contribution in [0.2, 0.25) is 0 Å². The van der Waals surface area contributed by atoms with Gasteiger partial charge in [0.15, 0.2) is 0 Å². The summed E-state index contributed by atoms with van der Waals surface area (Å²) < 4.78 is 22.3. The fraction of sp³-hybridized carbons (Fsp3) is 0.938. The monoisotopic (exact) mass is 317 g/mol. The van der Waals surface area contributed by atoms with Crippen LogP contribution < -0.4 is 0 Å². The van der Waals surface area contributed by atoms with Crippen molar-refractivity contribution < 1.29 is 23.7 Å². The molecule has 0 saturated carbocycles. The first-order valence-corrected chi connectivity index (χ1v) is 7.74. The molecule has 3 atom stereocenters. The second-order valence-electron chi connectivity index (χ2n) is 7.23. The molecule has 1 unspecified atom stereocenters. The molecule has 0 bridgehead atoms. The van der Waals surface area contributed by atoms with E-state index in [0.29, 0.717) is 13.0 Å². The first-order valence-electron chi connectivity index (χ1n) is 7.74. The molecule has 1 aliphatic heterocycles. The second-order valence-corrected chi connectivity index (χ2v) is 7.23. The summed E-state index contributed by atoms with van der Waals surface area (Å²) in [5.41, 5.74) is -1.22. The predicted molar refractivity (Wildman–Crippen MR) is 83.8 cm³/mol. The van der Waals surface area contributed by atoms with E-state index in [2.05, 4.69) is 0 Å². The fourth-order valence-corrected chi connectivity index (χ4v) is 2.56. The van der Waals surface area contributed by atoms with E-state index < -0.39 is 11.3 Å². The lowest BCUT2D eigenvalue weighted by Crippen LogP contribution is -2.46. The van der Waals surface area contributed by atoms with Crippen molar-refractivity contribution in [1.82, 2.24) is 4.90 Å². The molecule has 22 heavy (non-hydrogen) atoms. The number of carbonyl (C=O) groups is 1. The lowest BCUT2D eigenvalue weighted by Gasteiger charge is -2.31. The topological polar surface area (TPSA) is 57.2 Å². The standard InChI is InChI=1S/C16H31NO5/c1-11(19-7)13(20-8)9-12-10-17(16(5,6)21-12)14(18)22-15(2,3)4/h11-13H,9-10H2,1-8H3/t11-,12?,13-/m1/s1. The summed E-state index contributed by atoms with van der Waals surface area (Å²) >= 11 is 0. The van der Waals surface area contributed by atoms with Crippen molar-refractivity contribution in [2.75, 3.05) is 20.8 Å². The molecule has 6 nitrogen and oxygen atoms in total. The van der Waals surface area contributed by atoms with E-state index >= 15 is 0 Å². The third-order valence-corrected chi connectivity index (χ3v) is 3.80.